The second-order valence-electron chi connectivity index (χ2n) is 7.61. The van der Waals surface area contributed by atoms with Crippen molar-refractivity contribution in [3.05, 3.63) is 53.6 Å². The normalized spacial score (nSPS) is 19.6. The van der Waals surface area contributed by atoms with Crippen LogP contribution in [0.25, 0.3) is 0 Å². The zero-order chi connectivity index (χ0) is 21.1. The van der Waals surface area contributed by atoms with Gasteiger partial charge in [0.25, 0.3) is 12.3 Å². The molecule has 1 fully saturated rings. The van der Waals surface area contributed by atoms with Gasteiger partial charge in [-0.1, -0.05) is 30.3 Å². The Morgan fingerprint density at radius 3 is 2.63 bits per heavy atom. The molecular formula is C21H24F2N4O3. The molecule has 30 heavy (non-hydrogen) atoms. The molecule has 1 atom stereocenters. The summed E-state index contributed by atoms with van der Waals surface area (Å²) in [6.07, 6.45) is -0.0805. The number of likely N-dealkylation sites (tertiary alicyclic amines) is 1. The first kappa shape index (κ1) is 20.5. The molecule has 3 heterocycles. The molecule has 9 heteroatoms. The molecule has 160 valence electrons. The largest absolute Gasteiger partial charge is 0.365 e. The Labute approximate surface area is 173 Å². The van der Waals surface area contributed by atoms with Crippen LogP contribution in [0.15, 0.2) is 36.7 Å². The van der Waals surface area contributed by atoms with E-state index >= 15 is 0 Å². The molecule has 0 saturated carbocycles. The maximum absolute atomic E-state index is 13.0. The monoisotopic (exact) mass is 418 g/mol. The molecule has 2 aliphatic heterocycles. The number of aromatic nitrogens is 2. The molecule has 4 rings (SSSR count). The molecular weight excluding hydrogens is 394 g/mol. The quantitative estimate of drug-likeness (QED) is 0.809. The summed E-state index contributed by atoms with van der Waals surface area (Å²) in [5, 5.41) is 2.26. The first-order chi connectivity index (χ1) is 14.5. The van der Waals surface area contributed by atoms with Gasteiger partial charge in [-0.15, -0.1) is 0 Å². The van der Waals surface area contributed by atoms with Gasteiger partial charge in [0.2, 0.25) is 5.91 Å². The van der Waals surface area contributed by atoms with Gasteiger partial charge in [-0.2, -0.15) is 0 Å². The molecule has 7 nitrogen and oxygen atoms in total. The van der Waals surface area contributed by atoms with Crippen molar-refractivity contribution in [2.24, 2.45) is 5.92 Å². The number of piperidine rings is 1. The van der Waals surface area contributed by atoms with E-state index in [1.807, 2.05) is 34.9 Å². The van der Waals surface area contributed by atoms with E-state index in [4.69, 9.17) is 4.74 Å². The minimum atomic E-state index is -2.56. The molecule has 0 spiro atoms. The summed E-state index contributed by atoms with van der Waals surface area (Å²) >= 11 is 0. The van der Waals surface area contributed by atoms with Crippen molar-refractivity contribution in [2.45, 2.75) is 38.5 Å². The molecule has 2 amide bonds. The predicted octanol–water partition coefficient (Wildman–Crippen LogP) is 2.39. The number of nitrogens with zero attached hydrogens (tertiary/aromatic N) is 3. The van der Waals surface area contributed by atoms with Crippen LogP contribution < -0.4 is 5.32 Å². The zero-order valence-corrected chi connectivity index (χ0v) is 16.5. The summed E-state index contributed by atoms with van der Waals surface area (Å²) in [6, 6.07) is 9.92. The van der Waals surface area contributed by atoms with Gasteiger partial charge in [0.15, 0.2) is 5.69 Å². The van der Waals surface area contributed by atoms with Crippen LogP contribution in [0, 0.1) is 5.92 Å². The number of carbonyl (C=O) groups is 2. The summed E-state index contributed by atoms with van der Waals surface area (Å²) in [5.74, 6) is -0.905. The lowest BCUT2D eigenvalue weighted by molar-refractivity contribution is -0.126. The standard InChI is InChI=1S/C21H24F2N4O3/c22-18(23)10-24-20(28)15-6-8-26(9-7-15)21(29)19-16-12-30-17(11-27(16)13-25-19)14-4-2-1-3-5-14/h1-5,13,15,17-18H,6-12H2,(H,24,28). The Kier molecular flexibility index (Phi) is 6.08. The first-order valence-electron chi connectivity index (χ1n) is 10.1. The lowest BCUT2D eigenvalue weighted by Crippen LogP contribution is -2.44. The second kappa shape index (κ2) is 8.91. The van der Waals surface area contributed by atoms with Crippen molar-refractivity contribution in [3.8, 4) is 0 Å². The number of imidazole rings is 1. The third-order valence-electron chi connectivity index (χ3n) is 5.69. The van der Waals surface area contributed by atoms with Crippen LogP contribution in [0.3, 0.4) is 0 Å². The molecule has 0 bridgehead atoms. The molecule has 1 saturated heterocycles. The van der Waals surface area contributed by atoms with Gasteiger partial charge >= 0.3 is 0 Å². The number of hydrogen-bond acceptors (Lipinski definition) is 4. The minimum Gasteiger partial charge on any atom is -0.365 e. The highest BCUT2D eigenvalue weighted by atomic mass is 19.3. The van der Waals surface area contributed by atoms with Crippen molar-refractivity contribution in [1.29, 1.82) is 0 Å². The molecule has 1 aromatic heterocycles. The molecule has 1 unspecified atom stereocenters. The van der Waals surface area contributed by atoms with Crippen molar-refractivity contribution in [3.63, 3.8) is 0 Å². The Bertz CT molecular complexity index is 895. The van der Waals surface area contributed by atoms with Crippen LogP contribution in [-0.2, 0) is 22.7 Å². The van der Waals surface area contributed by atoms with E-state index in [0.29, 0.717) is 44.8 Å². The number of alkyl halides is 2. The SMILES string of the molecule is O=C(NCC(F)F)C1CCN(C(=O)c2ncn3c2COC(c2ccccc2)C3)CC1. The van der Waals surface area contributed by atoms with E-state index in [9.17, 15) is 18.4 Å². The van der Waals surface area contributed by atoms with Crippen LogP contribution >= 0.6 is 0 Å². The number of nitrogens with one attached hydrogen (secondary N) is 1. The van der Waals surface area contributed by atoms with E-state index in [1.165, 1.54) is 0 Å². The second-order valence-corrected chi connectivity index (χ2v) is 7.61. The number of amides is 2. The molecule has 1 N–H and O–H groups in total. The number of halogens is 2. The lowest BCUT2D eigenvalue weighted by atomic mass is 9.95. The third kappa shape index (κ3) is 4.35. The Hall–Kier alpha value is -2.81. The third-order valence-corrected chi connectivity index (χ3v) is 5.69. The van der Waals surface area contributed by atoms with E-state index in [2.05, 4.69) is 10.3 Å². The fraction of sp³-hybridized carbons (Fsp3) is 0.476. The number of carbonyl (C=O) groups excluding carboxylic acids is 2. The lowest BCUT2D eigenvalue weighted by Gasteiger charge is -2.31. The van der Waals surface area contributed by atoms with E-state index in [0.717, 1.165) is 11.3 Å². The maximum Gasteiger partial charge on any atom is 0.274 e. The Balaban J connectivity index is 1.36. The molecule has 0 radical (unpaired) electrons. The van der Waals surface area contributed by atoms with E-state index in [1.54, 1.807) is 11.2 Å². The van der Waals surface area contributed by atoms with Crippen LogP contribution in [-0.4, -0.2) is 52.3 Å². The summed E-state index contributed by atoms with van der Waals surface area (Å²) in [6.45, 7) is 1.04. The highest BCUT2D eigenvalue weighted by molar-refractivity contribution is 5.93. The molecule has 1 aromatic carbocycles. The highest BCUT2D eigenvalue weighted by Gasteiger charge is 2.32. The topological polar surface area (TPSA) is 76.5 Å². The van der Waals surface area contributed by atoms with Crippen LogP contribution in [0.2, 0.25) is 0 Å². The van der Waals surface area contributed by atoms with Crippen LogP contribution in [0.5, 0.6) is 0 Å². The van der Waals surface area contributed by atoms with Gasteiger partial charge < -0.3 is 19.5 Å². The number of ether oxygens (including phenoxy) is 1. The average Bonchev–Trinajstić information content (AvgIpc) is 3.21. The van der Waals surface area contributed by atoms with Crippen molar-refractivity contribution in [1.82, 2.24) is 19.8 Å². The van der Waals surface area contributed by atoms with E-state index in [-0.39, 0.29) is 23.8 Å². The predicted molar refractivity (Wildman–Crippen MR) is 104 cm³/mol. The Morgan fingerprint density at radius 2 is 1.93 bits per heavy atom. The average molecular weight is 418 g/mol. The number of hydrogen-bond donors (Lipinski definition) is 1. The summed E-state index contributed by atoms with van der Waals surface area (Å²) < 4.78 is 32.5. The Morgan fingerprint density at radius 1 is 1.20 bits per heavy atom. The van der Waals surface area contributed by atoms with Crippen LogP contribution in [0.4, 0.5) is 8.78 Å². The van der Waals surface area contributed by atoms with E-state index < -0.39 is 13.0 Å². The molecule has 0 aliphatic carbocycles. The van der Waals surface area contributed by atoms with Gasteiger partial charge in [0, 0.05) is 19.0 Å². The summed E-state index contributed by atoms with van der Waals surface area (Å²) in [5.41, 5.74) is 2.21. The number of benzene rings is 1. The van der Waals surface area contributed by atoms with Gasteiger partial charge in [0.05, 0.1) is 31.7 Å². The first-order valence-corrected chi connectivity index (χ1v) is 10.1. The molecule has 2 aliphatic rings. The smallest absolute Gasteiger partial charge is 0.274 e. The van der Waals surface area contributed by atoms with Crippen molar-refractivity contribution < 1.29 is 23.1 Å². The minimum absolute atomic E-state index is 0.0849. The van der Waals surface area contributed by atoms with Gasteiger partial charge in [-0.25, -0.2) is 13.8 Å². The van der Waals surface area contributed by atoms with Crippen LogP contribution in [0.1, 0.15) is 40.7 Å². The summed E-state index contributed by atoms with van der Waals surface area (Å²) in [4.78, 5) is 30.9. The zero-order valence-electron chi connectivity index (χ0n) is 16.5. The van der Waals surface area contributed by atoms with Crippen molar-refractivity contribution >= 4 is 11.8 Å². The maximum atomic E-state index is 13.0. The molecule has 2 aromatic rings. The number of rotatable bonds is 5. The van der Waals surface area contributed by atoms with Crippen molar-refractivity contribution in [2.75, 3.05) is 19.6 Å². The van der Waals surface area contributed by atoms with Gasteiger partial charge in [0.1, 0.15) is 6.10 Å². The summed E-state index contributed by atoms with van der Waals surface area (Å²) in [7, 11) is 0. The fourth-order valence-electron chi connectivity index (χ4n) is 3.99. The van der Waals surface area contributed by atoms with Gasteiger partial charge in [-0.05, 0) is 18.4 Å². The highest BCUT2D eigenvalue weighted by Crippen LogP contribution is 2.28. The fourth-order valence-corrected chi connectivity index (χ4v) is 3.99. The van der Waals surface area contributed by atoms with Gasteiger partial charge in [-0.3, -0.25) is 9.59 Å². The number of fused-ring (bicyclic) bond motifs is 1.